The van der Waals surface area contributed by atoms with Crippen LogP contribution in [0.1, 0.15) is 17.3 Å². The van der Waals surface area contributed by atoms with Crippen LogP contribution in [0.2, 0.25) is 0 Å². The van der Waals surface area contributed by atoms with Crippen LogP contribution < -0.4 is 0 Å². The molecule has 0 fully saturated rings. The molecule has 2 heterocycles. The van der Waals surface area contributed by atoms with Gasteiger partial charge in [-0.25, -0.2) is 4.98 Å². The second-order valence-electron chi connectivity index (χ2n) is 5.25. The van der Waals surface area contributed by atoms with E-state index in [1.807, 2.05) is 72.8 Å². The van der Waals surface area contributed by atoms with Gasteiger partial charge in [-0.1, -0.05) is 59.9 Å². The minimum atomic E-state index is -0.237. The van der Waals surface area contributed by atoms with Crippen molar-refractivity contribution in [3.8, 4) is 0 Å². The minimum Gasteiger partial charge on any atom is -0.259 e. The Morgan fingerprint density at radius 2 is 1.62 bits per heavy atom. The number of fused-ring (bicyclic) bond motifs is 1. The van der Waals surface area contributed by atoms with E-state index in [1.54, 1.807) is 6.20 Å². The van der Waals surface area contributed by atoms with Crippen LogP contribution in [-0.4, -0.2) is 9.97 Å². The molecule has 5 heteroatoms. The summed E-state index contributed by atoms with van der Waals surface area (Å²) < 4.78 is 1.11. The number of aromatic nitrogens is 2. The number of rotatable bonds is 4. The van der Waals surface area contributed by atoms with Gasteiger partial charge in [-0.3, -0.25) is 4.98 Å². The zero-order chi connectivity index (χ0) is 16.2. The smallest absolute Gasteiger partial charge is 0.230 e. The Hall–Kier alpha value is -2.92. The number of hydrogen-bond donors (Lipinski definition) is 0. The quantitative estimate of drug-likeness (QED) is 0.460. The van der Waals surface area contributed by atoms with Crippen molar-refractivity contribution in [2.24, 2.45) is 10.2 Å². The molecule has 4 aromatic rings. The van der Waals surface area contributed by atoms with Crippen molar-refractivity contribution >= 4 is 26.7 Å². The van der Waals surface area contributed by atoms with Gasteiger partial charge in [-0.2, -0.15) is 5.11 Å². The predicted octanol–water partition coefficient (Wildman–Crippen LogP) is 5.56. The summed E-state index contributed by atoms with van der Waals surface area (Å²) in [7, 11) is 0. The molecule has 1 unspecified atom stereocenters. The lowest BCUT2D eigenvalue weighted by molar-refractivity contribution is 0.777. The summed E-state index contributed by atoms with van der Waals surface area (Å²) in [6.45, 7) is 0. The lowest BCUT2D eigenvalue weighted by Crippen LogP contribution is -1.99. The molecule has 1 atom stereocenters. The lowest BCUT2D eigenvalue weighted by Gasteiger charge is -2.10. The third-order valence-electron chi connectivity index (χ3n) is 3.62. The molecule has 0 aliphatic rings. The van der Waals surface area contributed by atoms with Crippen molar-refractivity contribution in [3.63, 3.8) is 0 Å². The standard InChI is InChI=1S/C19H14N4S/c1-2-8-14(9-3-1)18(16-11-6-7-13-20-16)22-23-19-21-15-10-4-5-12-17(15)24-19/h1-13,18H. The highest BCUT2D eigenvalue weighted by atomic mass is 32.1. The highest BCUT2D eigenvalue weighted by Crippen LogP contribution is 2.31. The number of para-hydroxylation sites is 1. The van der Waals surface area contributed by atoms with Crippen LogP contribution >= 0.6 is 11.3 Å². The molecule has 0 spiro atoms. The van der Waals surface area contributed by atoms with E-state index >= 15 is 0 Å². The van der Waals surface area contributed by atoms with Crippen molar-refractivity contribution in [2.75, 3.05) is 0 Å². The Morgan fingerprint density at radius 1 is 0.833 bits per heavy atom. The fourth-order valence-electron chi connectivity index (χ4n) is 2.48. The molecule has 2 aromatic carbocycles. The number of azo groups is 1. The summed E-state index contributed by atoms with van der Waals surface area (Å²) in [6.07, 6.45) is 1.78. The molecule has 0 aliphatic heterocycles. The molecule has 4 nitrogen and oxygen atoms in total. The minimum absolute atomic E-state index is 0.237. The van der Waals surface area contributed by atoms with E-state index in [1.165, 1.54) is 11.3 Å². The van der Waals surface area contributed by atoms with E-state index in [9.17, 15) is 0 Å². The second kappa shape index (κ2) is 6.68. The van der Waals surface area contributed by atoms with Gasteiger partial charge in [0.25, 0.3) is 0 Å². The number of nitrogens with zero attached hydrogens (tertiary/aromatic N) is 4. The van der Waals surface area contributed by atoms with Crippen LogP contribution in [0.3, 0.4) is 0 Å². The molecular weight excluding hydrogens is 316 g/mol. The summed E-state index contributed by atoms with van der Waals surface area (Å²) in [5, 5.41) is 9.59. The third kappa shape index (κ3) is 3.07. The first-order chi connectivity index (χ1) is 11.9. The summed E-state index contributed by atoms with van der Waals surface area (Å²) in [6, 6.07) is 23.7. The first-order valence-corrected chi connectivity index (χ1v) is 8.44. The predicted molar refractivity (Wildman–Crippen MR) is 96.7 cm³/mol. The van der Waals surface area contributed by atoms with Crippen molar-refractivity contribution in [1.82, 2.24) is 9.97 Å². The van der Waals surface area contributed by atoms with Gasteiger partial charge in [0.05, 0.1) is 15.9 Å². The second-order valence-corrected chi connectivity index (χ2v) is 6.26. The van der Waals surface area contributed by atoms with Gasteiger partial charge >= 0.3 is 0 Å². The maximum atomic E-state index is 4.54. The molecular formula is C19H14N4S. The Kier molecular flexibility index (Phi) is 4.08. The van der Waals surface area contributed by atoms with Gasteiger partial charge in [0.2, 0.25) is 5.13 Å². The first kappa shape index (κ1) is 14.7. The highest BCUT2D eigenvalue weighted by molar-refractivity contribution is 7.21. The molecule has 0 aliphatic carbocycles. The molecule has 0 N–H and O–H groups in total. The third-order valence-corrected chi connectivity index (χ3v) is 4.55. The van der Waals surface area contributed by atoms with E-state index in [4.69, 9.17) is 0 Å². The van der Waals surface area contributed by atoms with E-state index in [0.717, 1.165) is 21.5 Å². The van der Waals surface area contributed by atoms with Gasteiger partial charge in [0, 0.05) is 6.20 Å². The summed E-state index contributed by atoms with van der Waals surface area (Å²) >= 11 is 1.54. The van der Waals surface area contributed by atoms with Crippen LogP contribution in [0.25, 0.3) is 10.2 Å². The number of pyridine rings is 1. The summed E-state index contributed by atoms with van der Waals surface area (Å²) in [4.78, 5) is 8.95. The summed E-state index contributed by atoms with van der Waals surface area (Å²) in [5.74, 6) is 0. The van der Waals surface area contributed by atoms with E-state index in [2.05, 4.69) is 20.2 Å². The molecule has 24 heavy (non-hydrogen) atoms. The van der Waals surface area contributed by atoms with Crippen molar-refractivity contribution < 1.29 is 0 Å². The zero-order valence-electron chi connectivity index (χ0n) is 12.8. The highest BCUT2D eigenvalue weighted by Gasteiger charge is 2.14. The fraction of sp³-hybridized carbons (Fsp3) is 0.0526. The maximum absolute atomic E-state index is 4.54. The van der Waals surface area contributed by atoms with E-state index in [0.29, 0.717) is 5.13 Å². The first-order valence-electron chi connectivity index (χ1n) is 7.62. The number of benzene rings is 2. The van der Waals surface area contributed by atoms with Crippen LogP contribution in [0.4, 0.5) is 5.13 Å². The van der Waals surface area contributed by atoms with Crippen LogP contribution in [0.5, 0.6) is 0 Å². The van der Waals surface area contributed by atoms with Crippen molar-refractivity contribution in [3.05, 3.63) is 90.3 Å². The molecule has 4 rings (SSSR count). The molecule has 0 saturated heterocycles. The van der Waals surface area contributed by atoms with Gasteiger partial charge in [0.15, 0.2) is 0 Å². The normalized spacial score (nSPS) is 12.7. The zero-order valence-corrected chi connectivity index (χ0v) is 13.6. The monoisotopic (exact) mass is 330 g/mol. The van der Waals surface area contributed by atoms with E-state index < -0.39 is 0 Å². The molecule has 0 saturated carbocycles. The van der Waals surface area contributed by atoms with Crippen molar-refractivity contribution in [2.45, 2.75) is 6.04 Å². The Labute approximate surface area is 143 Å². The molecule has 2 aromatic heterocycles. The average Bonchev–Trinajstić information content (AvgIpc) is 3.07. The van der Waals surface area contributed by atoms with E-state index in [-0.39, 0.29) is 6.04 Å². The lowest BCUT2D eigenvalue weighted by atomic mass is 10.0. The average molecular weight is 330 g/mol. The van der Waals surface area contributed by atoms with Gasteiger partial charge in [-0.05, 0) is 29.8 Å². The molecule has 0 amide bonds. The van der Waals surface area contributed by atoms with Crippen molar-refractivity contribution in [1.29, 1.82) is 0 Å². The topological polar surface area (TPSA) is 50.5 Å². The Balaban J connectivity index is 1.71. The van der Waals surface area contributed by atoms with Gasteiger partial charge < -0.3 is 0 Å². The fourth-order valence-corrected chi connectivity index (χ4v) is 3.27. The van der Waals surface area contributed by atoms with Gasteiger partial charge in [0.1, 0.15) is 6.04 Å². The maximum Gasteiger partial charge on any atom is 0.230 e. The Morgan fingerprint density at radius 3 is 2.42 bits per heavy atom. The Bertz CT molecular complexity index is 892. The van der Waals surface area contributed by atoms with Crippen LogP contribution in [0, 0.1) is 0 Å². The number of thiazole rings is 1. The van der Waals surface area contributed by atoms with Crippen LogP contribution in [0.15, 0.2) is 89.2 Å². The molecule has 0 bridgehead atoms. The van der Waals surface area contributed by atoms with Gasteiger partial charge in [-0.15, -0.1) is 5.11 Å². The molecule has 0 radical (unpaired) electrons. The SMILES string of the molecule is c1ccc(C(N=Nc2nc3ccccc3s2)c2ccccn2)cc1. The van der Waals surface area contributed by atoms with Crippen LogP contribution in [-0.2, 0) is 0 Å². The molecule has 116 valence electrons. The number of hydrogen-bond acceptors (Lipinski definition) is 5. The summed E-state index contributed by atoms with van der Waals surface area (Å²) in [5.41, 5.74) is 2.88. The largest absolute Gasteiger partial charge is 0.259 e.